The number of Topliss-reactive ketones (excluding diaryl/α,β-unsaturated/α-hetero) is 3. The smallest absolute Gasteiger partial charge is 0.325 e. The van der Waals surface area contributed by atoms with E-state index in [9.17, 15) is 81.5 Å². The molecule has 10 N–H and O–H groups in total. The van der Waals surface area contributed by atoms with Gasteiger partial charge in [-0.1, -0.05) is 171 Å². The minimum absolute atomic E-state index is 0.0171. The number of ether oxygens (including phenoxy) is 7. The summed E-state index contributed by atoms with van der Waals surface area (Å²) in [6.07, 6.45) is 17.7. The fourth-order valence-corrected chi connectivity index (χ4v) is 20.9. The molecule has 0 radical (unpaired) electrons. The van der Waals surface area contributed by atoms with Gasteiger partial charge in [-0.25, -0.2) is 0 Å². The Hall–Kier alpha value is -12.5. The summed E-state index contributed by atoms with van der Waals surface area (Å²) in [5.74, 6) is -9.65. The summed E-state index contributed by atoms with van der Waals surface area (Å²) in [5, 5.41) is 33.0. The van der Waals surface area contributed by atoms with Crippen LogP contribution in [0.3, 0.4) is 0 Å². The summed E-state index contributed by atoms with van der Waals surface area (Å²) in [5.41, 5.74) is 1.08. The van der Waals surface area contributed by atoms with Crippen LogP contribution >= 0.6 is 0 Å². The number of rotatable bonds is 29. The number of esters is 1. The average Bonchev–Trinajstić information content (AvgIpc) is 1.44. The number of nitrogens with zero attached hydrogens (tertiary/aromatic N) is 3. The van der Waals surface area contributed by atoms with E-state index in [-0.39, 0.29) is 144 Å². The maximum atomic E-state index is 14.6. The molecule has 37 nitrogen and oxygen atoms in total. The molecule has 3 aliphatic carbocycles. The maximum Gasteiger partial charge on any atom is 0.325 e. The summed E-state index contributed by atoms with van der Waals surface area (Å²) < 4.78 is 42.8. The second kappa shape index (κ2) is 55.5. The molecule has 6 heterocycles. The lowest BCUT2D eigenvalue weighted by atomic mass is 9.83. The van der Waals surface area contributed by atoms with Gasteiger partial charge in [0.05, 0.1) is 92.3 Å². The van der Waals surface area contributed by atoms with Crippen molar-refractivity contribution in [2.45, 2.75) is 351 Å². The van der Waals surface area contributed by atoms with Crippen LogP contribution in [0.4, 0.5) is 0 Å². The van der Waals surface area contributed by atoms with Gasteiger partial charge in [0.15, 0.2) is 0 Å². The summed E-state index contributed by atoms with van der Waals surface area (Å²) in [6, 6.07) is 22.2. The Bertz CT molecular complexity index is 5240. The Labute approximate surface area is 861 Å². The van der Waals surface area contributed by atoms with Crippen molar-refractivity contribution < 1.29 is 120 Å². The number of ketones is 3. The lowest BCUT2D eigenvalue weighted by molar-refractivity contribution is -0.147. The zero-order valence-corrected chi connectivity index (χ0v) is 86.6. The fraction of sp³-hybridized carbons (Fsp3) is 0.609. The molecule has 12 amide bonds. The van der Waals surface area contributed by atoms with Crippen molar-refractivity contribution in [1.82, 2.24) is 62.6 Å². The molecule has 147 heavy (non-hydrogen) atoms. The van der Waals surface area contributed by atoms with Crippen LogP contribution in [0.1, 0.15) is 258 Å². The molecule has 37 heteroatoms. The minimum Gasteiger partial charge on any atom is -0.493 e. The number of carbonyl (C=O) groups is 17. The zero-order chi connectivity index (χ0) is 106. The third-order valence-corrected chi connectivity index (χ3v) is 28.6. The molecule has 3 unspecified atom stereocenters. The van der Waals surface area contributed by atoms with Gasteiger partial charge in [0.25, 0.3) is 17.7 Å². The van der Waals surface area contributed by atoms with Crippen molar-refractivity contribution in [3.05, 3.63) is 138 Å². The number of hydrogen-bond acceptors (Lipinski definition) is 24. The van der Waals surface area contributed by atoms with Crippen molar-refractivity contribution in [3.8, 4) is 17.2 Å². The second-order valence-corrected chi connectivity index (χ2v) is 41.9. The first-order valence-corrected chi connectivity index (χ1v) is 52.7. The van der Waals surface area contributed by atoms with Crippen molar-refractivity contribution in [3.63, 3.8) is 0 Å². The highest BCUT2D eigenvalue weighted by Gasteiger charge is 2.52. The number of carboxylic acids is 1. The van der Waals surface area contributed by atoms with Crippen LogP contribution in [0.25, 0.3) is 0 Å². The van der Waals surface area contributed by atoms with E-state index in [0.29, 0.717) is 75.6 Å². The van der Waals surface area contributed by atoms with Gasteiger partial charge in [-0.05, 0) is 176 Å². The standard InChI is InChI=1S/C41H54N4O9.C35H50N4O7.C34H48N4O9/c1-4-12-32(37(48)39(50)42-24-35(47)53-26-27-13-7-5-8-14-27)43-38(49)33-23-31-25-45(33)40(51)36(29-16-9-6-10-17-29)44-34(46)22-28-15-11-18-30(21-28)52-20-19-41(2,3)54-31;1-5-11-27(31(41)33(43)36-17-6-2)37-32(42)28-21-26-22-39(28)34(44)30(24-13-8-7-9-14-24)38-29(40)20-23-12-10-15-25(19-23)45-18-16-35(3,4)46-26;1-4-9-25(30(42)32(44)35-19-28(40)41)36-31(43)26-18-24-20-38(26)33(45)29(22-11-6-5-7-12-22)37-27(39)17-21-10-8-13-23(16-21)46-15-14-34(2,3)47-24/h5,7-8,11,13-15,18,21,29,31-33,36H,4,6,9-10,12,16-17,19-20,22-26H2,1-3H3,(H,42,50)(H,43,49)(H,44,46);6,10,12,15,19,24,26-28,30H,2,5,7-9,11,13-14,16-18,20-22H2,1,3-4H3,(H,36,43)(H,37,42)(H,38,40);8,10,13,16,22,24-26,29H,4-7,9,11-12,14-15,17-20H2,1-3H3,(H,35,44)(H,36,43)(H,37,39)(H,40,41)/t31-,32?,33+,36+;26-,27?,28+,30+;24-,25?,26+,29+/m111/s1. The van der Waals surface area contributed by atoms with E-state index in [0.717, 1.165) is 119 Å². The first-order chi connectivity index (χ1) is 70.3. The van der Waals surface area contributed by atoms with Crippen LogP contribution in [0.2, 0.25) is 0 Å². The molecule has 0 spiro atoms. The van der Waals surface area contributed by atoms with Crippen LogP contribution in [-0.2, 0) is 126 Å². The summed E-state index contributed by atoms with van der Waals surface area (Å²) >= 11 is 0. The first kappa shape index (κ1) is 115. The molecule has 3 saturated heterocycles. The number of hydrogen-bond donors (Lipinski definition) is 10. The Balaban J connectivity index is 0.000000210. The van der Waals surface area contributed by atoms with Gasteiger partial charge in [0.1, 0.15) is 73.2 Å². The highest BCUT2D eigenvalue weighted by molar-refractivity contribution is 6.39. The number of benzene rings is 4. The minimum atomic E-state index is -1.31. The lowest BCUT2D eigenvalue weighted by Crippen LogP contribution is -2.58. The highest BCUT2D eigenvalue weighted by atomic mass is 16.5. The Morgan fingerprint density at radius 2 is 0.741 bits per heavy atom. The molecule has 12 bridgehead atoms. The van der Waals surface area contributed by atoms with E-state index in [1.807, 2.05) is 146 Å². The number of amides is 12. The lowest BCUT2D eigenvalue weighted by Gasteiger charge is -2.35. The Morgan fingerprint density at radius 3 is 1.05 bits per heavy atom. The van der Waals surface area contributed by atoms with Gasteiger partial charge >= 0.3 is 11.9 Å². The van der Waals surface area contributed by atoms with Gasteiger partial charge < -0.3 is 101 Å². The topological polar surface area (TPSA) is 493 Å². The monoisotopic (exact) mass is 2040 g/mol. The normalized spacial score (nSPS) is 23.8. The number of carbonyl (C=O) groups excluding carboxylic acids is 16. The Morgan fingerprint density at radius 1 is 0.429 bits per heavy atom. The van der Waals surface area contributed by atoms with E-state index >= 15 is 0 Å². The molecule has 6 fully saturated rings. The third kappa shape index (κ3) is 34.8. The van der Waals surface area contributed by atoms with Crippen LogP contribution in [0.5, 0.6) is 17.2 Å². The molecule has 9 aliphatic rings. The van der Waals surface area contributed by atoms with E-state index in [2.05, 4.69) is 54.4 Å². The molecule has 13 rings (SSSR count). The summed E-state index contributed by atoms with van der Waals surface area (Å²) in [4.78, 5) is 231. The molecule has 4 aromatic rings. The van der Waals surface area contributed by atoms with Crippen LogP contribution in [0.15, 0.2) is 116 Å². The molecule has 12 atom stereocenters. The van der Waals surface area contributed by atoms with Gasteiger partial charge in [-0.15, -0.1) is 6.58 Å². The average molecular weight is 2040 g/mol. The van der Waals surface area contributed by atoms with Gasteiger partial charge in [-0.2, -0.15) is 0 Å². The molecule has 6 aliphatic heterocycles. The summed E-state index contributed by atoms with van der Waals surface area (Å²) in [7, 11) is 0. The van der Waals surface area contributed by atoms with E-state index in [1.165, 1.54) is 20.8 Å². The van der Waals surface area contributed by atoms with Gasteiger partial charge in [0, 0.05) is 64.7 Å². The second-order valence-electron chi connectivity index (χ2n) is 41.9. The van der Waals surface area contributed by atoms with Crippen LogP contribution in [0, 0.1) is 17.8 Å². The predicted molar refractivity (Wildman–Crippen MR) is 542 cm³/mol. The zero-order valence-electron chi connectivity index (χ0n) is 86.6. The highest BCUT2D eigenvalue weighted by Crippen LogP contribution is 2.38. The summed E-state index contributed by atoms with van der Waals surface area (Å²) in [6.45, 7) is 21.0. The Kier molecular flexibility index (Phi) is 43.3. The quantitative estimate of drug-likeness (QED) is 0.0138. The van der Waals surface area contributed by atoms with E-state index in [4.69, 9.17) is 38.3 Å². The SMILES string of the molecule is C=CCNC(=O)C(=O)C(CCC)NC(=O)[C@@H]1C[C@@H]2CN1C(=O)[C@H](C1CCCCC1)NC(=O)Cc1cccc(c1)OCCC(C)(C)O2.CCCC(NC(=O)[C@@H]1C[C@@H]2CN1C(=O)[C@H](C1CCCCC1)NC(=O)Cc1cccc(c1)OCCC(C)(C)O2)C(=O)C(=O)NCC(=O)O.CCCC(NC(=O)[C@@H]1C[C@@H]2CN1C(=O)[C@H](C1CCCCC1)NC(=O)Cc1cccc(c1)OCCC(C)(C)O2)C(=O)C(=O)NCC(=O)OCc1ccccc1. The molecule has 3 saturated carbocycles. The van der Waals surface area contributed by atoms with Gasteiger partial charge in [-0.3, -0.25) is 81.5 Å². The number of carboxylic acid groups (broad SMARTS) is 1. The van der Waals surface area contributed by atoms with Crippen molar-refractivity contribution in [2.24, 2.45) is 17.8 Å². The molecule has 4 aromatic carbocycles. The van der Waals surface area contributed by atoms with E-state index in [1.54, 1.807) is 19.1 Å². The third-order valence-electron chi connectivity index (χ3n) is 28.6. The van der Waals surface area contributed by atoms with Crippen molar-refractivity contribution >= 4 is 100 Å². The largest absolute Gasteiger partial charge is 0.493 e. The fourth-order valence-electron chi connectivity index (χ4n) is 20.9. The number of aliphatic carboxylic acids is 1. The first-order valence-electron chi connectivity index (χ1n) is 52.7. The number of nitrogens with one attached hydrogen (secondary N) is 9. The number of fused-ring (bicyclic) bond motifs is 12. The maximum absolute atomic E-state index is 14.6. The van der Waals surface area contributed by atoms with E-state index < -0.39 is 167 Å². The van der Waals surface area contributed by atoms with Crippen molar-refractivity contribution in [1.29, 1.82) is 0 Å². The molecule has 0 aromatic heterocycles. The molecule has 802 valence electrons. The van der Waals surface area contributed by atoms with Crippen molar-refractivity contribution in [2.75, 3.05) is 59.1 Å². The van der Waals surface area contributed by atoms with Gasteiger partial charge in [0.2, 0.25) is 70.5 Å². The molecular formula is C110H152N12O25. The van der Waals surface area contributed by atoms with Crippen LogP contribution < -0.4 is 62.1 Å². The van der Waals surface area contributed by atoms with Crippen LogP contribution in [-0.4, -0.2) is 269 Å². The molecular weight excluding hydrogens is 1890 g/mol. The predicted octanol–water partition coefficient (Wildman–Crippen LogP) is 8.45.